The molecule has 0 unspecified atom stereocenters. The van der Waals surface area contributed by atoms with Crippen LogP contribution < -0.4 is 5.32 Å². The number of fused-ring (bicyclic) bond motifs is 1. The van der Waals surface area contributed by atoms with Crippen LogP contribution in [0.4, 0.5) is 9.93 Å². The topological polar surface area (TPSA) is 51.2 Å². The summed E-state index contributed by atoms with van der Waals surface area (Å²) in [6, 6.07) is 7.66. The van der Waals surface area contributed by atoms with Gasteiger partial charge in [0.05, 0.1) is 16.1 Å². The molecule has 1 N–H and O–H groups in total. The number of nitrogens with one attached hydrogen (secondary N) is 1. The van der Waals surface area contributed by atoms with Gasteiger partial charge < -0.3 is 4.74 Å². The van der Waals surface area contributed by atoms with E-state index in [-0.39, 0.29) is 12.5 Å². The number of carbonyl (C=O) groups is 1. The zero-order chi connectivity index (χ0) is 11.4. The summed E-state index contributed by atoms with van der Waals surface area (Å²) in [5.41, 5.74) is 0.861. The van der Waals surface area contributed by atoms with Gasteiger partial charge in [0.1, 0.15) is 6.61 Å². The van der Waals surface area contributed by atoms with Gasteiger partial charge in [-0.25, -0.2) is 9.78 Å². The van der Waals surface area contributed by atoms with Crippen LogP contribution in [-0.2, 0) is 4.74 Å². The van der Waals surface area contributed by atoms with Crippen molar-refractivity contribution in [1.82, 2.24) is 4.98 Å². The molecule has 0 aliphatic carbocycles. The van der Waals surface area contributed by atoms with Crippen LogP contribution in [0, 0.1) is 0 Å². The summed E-state index contributed by atoms with van der Waals surface area (Å²) in [5, 5.41) is 3.08. The second-order valence-electron chi connectivity index (χ2n) is 2.94. The molecule has 0 spiro atoms. The summed E-state index contributed by atoms with van der Waals surface area (Å²) < 4.78 is 5.80. The minimum Gasteiger partial charge on any atom is -0.448 e. The van der Waals surface area contributed by atoms with E-state index >= 15 is 0 Å². The van der Waals surface area contributed by atoms with E-state index in [9.17, 15) is 4.79 Å². The van der Waals surface area contributed by atoms with E-state index in [0.29, 0.717) is 5.13 Å². The molecule has 84 valence electrons. The highest BCUT2D eigenvalue weighted by Crippen LogP contribution is 2.25. The molecule has 0 saturated heterocycles. The van der Waals surface area contributed by atoms with Crippen molar-refractivity contribution in [2.24, 2.45) is 0 Å². The maximum atomic E-state index is 11.2. The number of aromatic nitrogens is 1. The Hall–Kier alpha value is -1.33. The minimum absolute atomic E-state index is 0.193. The van der Waals surface area contributed by atoms with Crippen molar-refractivity contribution in [3.8, 4) is 0 Å². The predicted octanol–water partition coefficient (Wildman–Crippen LogP) is 3.08. The lowest BCUT2D eigenvalue weighted by Gasteiger charge is -2.01. The predicted molar refractivity (Wildman–Crippen MR) is 65.3 cm³/mol. The molecule has 4 nitrogen and oxygen atoms in total. The summed E-state index contributed by atoms with van der Waals surface area (Å²) in [6.45, 7) is 0.193. The van der Waals surface area contributed by atoms with Crippen molar-refractivity contribution >= 4 is 44.4 Å². The number of nitrogens with zero attached hydrogens (tertiary/aromatic N) is 1. The maximum Gasteiger partial charge on any atom is 0.413 e. The largest absolute Gasteiger partial charge is 0.448 e. The van der Waals surface area contributed by atoms with Gasteiger partial charge >= 0.3 is 6.09 Å². The fourth-order valence-corrected chi connectivity index (χ4v) is 2.11. The van der Waals surface area contributed by atoms with Crippen molar-refractivity contribution in [3.05, 3.63) is 24.3 Å². The molecule has 16 heavy (non-hydrogen) atoms. The third-order valence-corrected chi connectivity index (χ3v) is 2.92. The first kappa shape index (κ1) is 11.2. The third-order valence-electron chi connectivity index (χ3n) is 1.81. The van der Waals surface area contributed by atoms with E-state index < -0.39 is 6.09 Å². The van der Waals surface area contributed by atoms with E-state index in [1.807, 2.05) is 24.3 Å². The van der Waals surface area contributed by atoms with Gasteiger partial charge in [0.2, 0.25) is 0 Å². The second kappa shape index (κ2) is 5.14. The minimum atomic E-state index is -0.528. The zero-order valence-corrected chi connectivity index (χ0v) is 9.85. The first-order chi connectivity index (χ1) is 7.79. The highest BCUT2D eigenvalue weighted by molar-refractivity contribution is 7.22. The number of anilines is 1. The van der Waals surface area contributed by atoms with Gasteiger partial charge in [-0.1, -0.05) is 23.5 Å². The first-order valence-corrected chi connectivity index (χ1v) is 6.00. The number of rotatable bonds is 3. The summed E-state index contributed by atoms with van der Waals surface area (Å²) in [6.07, 6.45) is -0.528. The summed E-state index contributed by atoms with van der Waals surface area (Å²) in [5.74, 6) is 0.285. The number of alkyl halides is 1. The zero-order valence-electron chi connectivity index (χ0n) is 8.27. The number of ether oxygens (including phenoxy) is 1. The standard InChI is InChI=1S/C10H9ClN2O2S/c11-5-6-15-10(14)13-9-12-7-3-1-2-4-8(7)16-9/h1-4H,5-6H2,(H,12,13,14). The van der Waals surface area contributed by atoms with Crippen LogP contribution in [0.25, 0.3) is 10.2 Å². The summed E-state index contributed by atoms with van der Waals surface area (Å²) in [4.78, 5) is 15.5. The Balaban J connectivity index is 2.07. The number of carbonyl (C=O) groups excluding carboxylic acids is 1. The molecule has 0 fully saturated rings. The van der Waals surface area contributed by atoms with Crippen LogP contribution in [-0.4, -0.2) is 23.6 Å². The van der Waals surface area contributed by atoms with Crippen LogP contribution in [0.1, 0.15) is 0 Å². The number of hydrogen-bond acceptors (Lipinski definition) is 4. The van der Waals surface area contributed by atoms with Gasteiger partial charge in [0.15, 0.2) is 5.13 Å². The third kappa shape index (κ3) is 2.62. The molecule has 1 aromatic heterocycles. The molecule has 2 aromatic rings. The van der Waals surface area contributed by atoms with Crippen LogP contribution in [0.5, 0.6) is 0 Å². The van der Waals surface area contributed by atoms with E-state index in [0.717, 1.165) is 10.2 Å². The van der Waals surface area contributed by atoms with Gasteiger partial charge in [-0.05, 0) is 12.1 Å². The van der Waals surface area contributed by atoms with Crippen molar-refractivity contribution in [2.45, 2.75) is 0 Å². The van der Waals surface area contributed by atoms with Gasteiger partial charge in [-0.2, -0.15) is 0 Å². The van der Waals surface area contributed by atoms with Crippen LogP contribution >= 0.6 is 22.9 Å². The maximum absolute atomic E-state index is 11.2. The smallest absolute Gasteiger partial charge is 0.413 e. The molecule has 1 heterocycles. The Labute approximate surface area is 101 Å². The number of para-hydroxylation sites is 1. The Morgan fingerprint density at radius 2 is 2.31 bits per heavy atom. The number of hydrogen-bond donors (Lipinski definition) is 1. The van der Waals surface area contributed by atoms with Gasteiger partial charge in [-0.15, -0.1) is 11.6 Å². The lowest BCUT2D eigenvalue weighted by Crippen LogP contribution is -2.14. The molecule has 1 amide bonds. The SMILES string of the molecule is O=C(Nc1nc2ccccc2s1)OCCCl. The van der Waals surface area contributed by atoms with Gasteiger partial charge in [-0.3, -0.25) is 5.32 Å². The summed E-state index contributed by atoms with van der Waals surface area (Å²) >= 11 is 6.80. The average molecular weight is 257 g/mol. The number of amides is 1. The first-order valence-electron chi connectivity index (χ1n) is 4.65. The summed E-state index contributed by atoms with van der Waals surface area (Å²) in [7, 11) is 0. The van der Waals surface area contributed by atoms with Crippen molar-refractivity contribution < 1.29 is 9.53 Å². The molecule has 1 aromatic carbocycles. The Bertz CT molecular complexity index is 467. The van der Waals surface area contributed by atoms with Crippen LogP contribution in [0.15, 0.2) is 24.3 Å². The average Bonchev–Trinajstić information content (AvgIpc) is 2.68. The normalized spacial score (nSPS) is 10.3. The lowest BCUT2D eigenvalue weighted by molar-refractivity contribution is 0.168. The fraction of sp³-hybridized carbons (Fsp3) is 0.200. The monoisotopic (exact) mass is 256 g/mol. The Kier molecular flexibility index (Phi) is 3.58. The Morgan fingerprint density at radius 3 is 3.06 bits per heavy atom. The highest BCUT2D eigenvalue weighted by atomic mass is 35.5. The van der Waals surface area contributed by atoms with E-state index in [4.69, 9.17) is 16.3 Å². The molecule has 0 bridgehead atoms. The molecule has 0 aliphatic heterocycles. The molecular formula is C10H9ClN2O2S. The molecular weight excluding hydrogens is 248 g/mol. The number of benzene rings is 1. The fourth-order valence-electron chi connectivity index (χ4n) is 1.18. The molecule has 0 saturated carbocycles. The van der Waals surface area contributed by atoms with Crippen LogP contribution in [0.2, 0.25) is 0 Å². The number of halogens is 1. The van der Waals surface area contributed by atoms with Crippen molar-refractivity contribution in [1.29, 1.82) is 0 Å². The van der Waals surface area contributed by atoms with Crippen LogP contribution in [0.3, 0.4) is 0 Å². The van der Waals surface area contributed by atoms with Crippen molar-refractivity contribution in [3.63, 3.8) is 0 Å². The molecule has 0 atom stereocenters. The second-order valence-corrected chi connectivity index (χ2v) is 4.35. The van der Waals surface area contributed by atoms with E-state index in [1.165, 1.54) is 11.3 Å². The number of thiazole rings is 1. The highest BCUT2D eigenvalue weighted by Gasteiger charge is 2.07. The molecule has 2 rings (SSSR count). The molecule has 0 aliphatic rings. The van der Waals surface area contributed by atoms with Gasteiger partial charge in [0, 0.05) is 0 Å². The van der Waals surface area contributed by atoms with E-state index in [1.54, 1.807) is 0 Å². The van der Waals surface area contributed by atoms with E-state index in [2.05, 4.69) is 10.3 Å². The Morgan fingerprint density at radius 1 is 1.50 bits per heavy atom. The molecule has 0 radical (unpaired) electrons. The van der Waals surface area contributed by atoms with Crippen molar-refractivity contribution in [2.75, 3.05) is 17.8 Å². The van der Waals surface area contributed by atoms with Gasteiger partial charge in [0.25, 0.3) is 0 Å². The molecule has 6 heteroatoms. The quantitative estimate of drug-likeness (QED) is 0.859. The lowest BCUT2D eigenvalue weighted by atomic mass is 10.3.